The predicted molar refractivity (Wildman–Crippen MR) is 87.0 cm³/mol. The Balaban J connectivity index is 1.80. The van der Waals surface area contributed by atoms with Crippen molar-refractivity contribution in [3.05, 3.63) is 24.5 Å². The van der Waals surface area contributed by atoms with Crippen LogP contribution in [-0.2, 0) is 0 Å². The van der Waals surface area contributed by atoms with Crippen LogP contribution in [0.25, 0.3) is 21.9 Å². The molecular weight excluding hydrogens is 278 g/mol. The molecule has 1 fully saturated rings. The number of aromatic nitrogens is 3. The zero-order chi connectivity index (χ0) is 15.1. The number of rotatable bonds is 2. The molecule has 22 heavy (non-hydrogen) atoms. The summed E-state index contributed by atoms with van der Waals surface area (Å²) in [5, 5.41) is 2.00. The zero-order valence-electron chi connectivity index (χ0n) is 12.5. The van der Waals surface area contributed by atoms with Crippen LogP contribution < -0.4 is 10.5 Å². The molecule has 0 unspecified atom stereocenters. The van der Waals surface area contributed by atoms with Crippen LogP contribution in [0, 0.1) is 0 Å². The van der Waals surface area contributed by atoms with Gasteiger partial charge < -0.3 is 20.4 Å². The number of pyridine rings is 2. The molecule has 1 aliphatic rings. The molecular formula is C16H19N5O. The quantitative estimate of drug-likeness (QED) is 0.757. The van der Waals surface area contributed by atoms with Gasteiger partial charge in [-0.2, -0.15) is 0 Å². The molecule has 0 saturated carbocycles. The van der Waals surface area contributed by atoms with Crippen molar-refractivity contribution in [3.8, 4) is 5.75 Å². The fraction of sp³-hybridized carbons (Fsp3) is 0.375. The van der Waals surface area contributed by atoms with E-state index in [4.69, 9.17) is 10.5 Å². The van der Waals surface area contributed by atoms with Crippen molar-refractivity contribution in [2.24, 2.45) is 0 Å². The highest BCUT2D eigenvalue weighted by atomic mass is 16.5. The minimum atomic E-state index is 0.188. The van der Waals surface area contributed by atoms with Gasteiger partial charge in [-0.25, -0.2) is 9.97 Å². The van der Waals surface area contributed by atoms with E-state index in [1.165, 1.54) is 0 Å². The van der Waals surface area contributed by atoms with Gasteiger partial charge in [0, 0.05) is 24.7 Å². The van der Waals surface area contributed by atoms with Crippen molar-refractivity contribution >= 4 is 27.8 Å². The van der Waals surface area contributed by atoms with Gasteiger partial charge in [-0.1, -0.05) is 0 Å². The fourth-order valence-electron chi connectivity index (χ4n) is 3.09. The first-order valence-corrected chi connectivity index (χ1v) is 7.58. The SMILES string of the molecule is CN1CCC(Oc2c(N)ncc3[nH]c4ncccc4c23)CC1. The summed E-state index contributed by atoms with van der Waals surface area (Å²) in [4.78, 5) is 14.2. The molecule has 6 heteroatoms. The standard InChI is InChI=1S/C16H19N5O/c1-21-7-4-10(5-8-21)22-14-13-11-3-2-6-18-16(11)20-12(13)9-19-15(14)17/h2-3,6,9-10H,4-5,7-8H2,1H3,(H2,17,19)(H,18,20). The molecule has 0 aliphatic carbocycles. The first-order chi connectivity index (χ1) is 10.7. The fourth-order valence-corrected chi connectivity index (χ4v) is 3.09. The van der Waals surface area contributed by atoms with Crippen LogP contribution in [0.4, 0.5) is 5.82 Å². The molecule has 0 radical (unpaired) electrons. The molecule has 4 heterocycles. The Morgan fingerprint density at radius 3 is 2.95 bits per heavy atom. The van der Waals surface area contributed by atoms with Crippen LogP contribution >= 0.6 is 0 Å². The first kappa shape index (κ1) is 13.3. The average Bonchev–Trinajstić information content (AvgIpc) is 2.91. The summed E-state index contributed by atoms with van der Waals surface area (Å²) in [6.07, 6.45) is 5.72. The second-order valence-electron chi connectivity index (χ2n) is 5.91. The van der Waals surface area contributed by atoms with E-state index in [0.717, 1.165) is 47.9 Å². The van der Waals surface area contributed by atoms with Gasteiger partial charge in [0.25, 0.3) is 0 Å². The maximum absolute atomic E-state index is 6.25. The Morgan fingerprint density at radius 1 is 1.32 bits per heavy atom. The van der Waals surface area contributed by atoms with Gasteiger partial charge in [0.2, 0.25) is 0 Å². The van der Waals surface area contributed by atoms with Crippen LogP contribution in [0.2, 0.25) is 0 Å². The number of likely N-dealkylation sites (tertiary alicyclic amines) is 1. The number of hydrogen-bond donors (Lipinski definition) is 2. The van der Waals surface area contributed by atoms with Crippen LogP contribution in [0.5, 0.6) is 5.75 Å². The number of nitrogens with one attached hydrogen (secondary N) is 1. The molecule has 0 aromatic carbocycles. The number of nitrogens with two attached hydrogens (primary N) is 1. The summed E-state index contributed by atoms with van der Waals surface area (Å²) in [7, 11) is 2.14. The zero-order valence-corrected chi connectivity index (χ0v) is 12.5. The number of piperidine rings is 1. The minimum absolute atomic E-state index is 0.188. The third kappa shape index (κ3) is 2.16. The second-order valence-corrected chi connectivity index (χ2v) is 5.91. The number of anilines is 1. The van der Waals surface area contributed by atoms with E-state index in [0.29, 0.717) is 11.6 Å². The van der Waals surface area contributed by atoms with Gasteiger partial charge >= 0.3 is 0 Å². The van der Waals surface area contributed by atoms with Gasteiger partial charge in [0.15, 0.2) is 11.6 Å². The van der Waals surface area contributed by atoms with E-state index in [1.54, 1.807) is 12.4 Å². The highest BCUT2D eigenvalue weighted by molar-refractivity contribution is 6.10. The number of fused-ring (bicyclic) bond motifs is 3. The summed E-state index contributed by atoms with van der Waals surface area (Å²) >= 11 is 0. The molecule has 0 bridgehead atoms. The largest absolute Gasteiger partial charge is 0.486 e. The molecule has 0 spiro atoms. The van der Waals surface area contributed by atoms with Crippen LogP contribution in [-0.4, -0.2) is 46.1 Å². The highest BCUT2D eigenvalue weighted by Gasteiger charge is 2.22. The summed E-state index contributed by atoms with van der Waals surface area (Å²) in [6, 6.07) is 3.95. The van der Waals surface area contributed by atoms with Crippen LogP contribution in [0.1, 0.15) is 12.8 Å². The van der Waals surface area contributed by atoms with E-state index < -0.39 is 0 Å². The molecule has 6 nitrogen and oxygen atoms in total. The number of H-pyrrole nitrogens is 1. The van der Waals surface area contributed by atoms with Crippen molar-refractivity contribution in [2.75, 3.05) is 25.9 Å². The Kier molecular flexibility index (Phi) is 3.11. The molecule has 3 aromatic heterocycles. The Labute approximate surface area is 128 Å². The van der Waals surface area contributed by atoms with E-state index in [9.17, 15) is 0 Å². The number of hydrogen-bond acceptors (Lipinski definition) is 5. The summed E-state index contributed by atoms with van der Waals surface area (Å²) in [6.45, 7) is 2.09. The van der Waals surface area contributed by atoms with Crippen molar-refractivity contribution in [2.45, 2.75) is 18.9 Å². The summed E-state index contributed by atoms with van der Waals surface area (Å²) in [5.41, 5.74) is 7.84. The summed E-state index contributed by atoms with van der Waals surface area (Å²) < 4.78 is 6.25. The van der Waals surface area contributed by atoms with Crippen molar-refractivity contribution in [1.82, 2.24) is 19.9 Å². The number of aromatic amines is 1. The molecule has 114 valence electrons. The molecule has 3 aromatic rings. The molecule has 4 rings (SSSR count). The topological polar surface area (TPSA) is 80.1 Å². The van der Waals surface area contributed by atoms with Gasteiger partial charge in [-0.3, -0.25) is 0 Å². The lowest BCUT2D eigenvalue weighted by atomic mass is 10.1. The summed E-state index contributed by atoms with van der Waals surface area (Å²) in [5.74, 6) is 1.13. The van der Waals surface area contributed by atoms with Gasteiger partial charge in [-0.05, 0) is 32.0 Å². The monoisotopic (exact) mass is 297 g/mol. The van der Waals surface area contributed by atoms with Gasteiger partial charge in [0.05, 0.1) is 17.1 Å². The van der Waals surface area contributed by atoms with E-state index in [-0.39, 0.29) is 6.10 Å². The maximum atomic E-state index is 6.25. The van der Waals surface area contributed by atoms with Crippen molar-refractivity contribution in [3.63, 3.8) is 0 Å². The molecule has 3 N–H and O–H groups in total. The predicted octanol–water partition coefficient (Wildman–Crippen LogP) is 2.17. The number of nitrogen functional groups attached to an aromatic ring is 1. The lowest BCUT2D eigenvalue weighted by molar-refractivity contribution is 0.116. The Morgan fingerprint density at radius 2 is 2.14 bits per heavy atom. The highest BCUT2D eigenvalue weighted by Crippen LogP contribution is 2.36. The molecule has 1 aliphatic heterocycles. The van der Waals surface area contributed by atoms with Crippen LogP contribution in [0.3, 0.4) is 0 Å². The number of ether oxygens (including phenoxy) is 1. The second kappa shape index (κ2) is 5.14. The maximum Gasteiger partial charge on any atom is 0.171 e. The molecule has 0 amide bonds. The third-order valence-electron chi connectivity index (χ3n) is 4.34. The number of nitrogens with zero attached hydrogens (tertiary/aromatic N) is 3. The third-order valence-corrected chi connectivity index (χ3v) is 4.34. The normalized spacial score (nSPS) is 17.3. The Hall–Kier alpha value is -2.34. The smallest absolute Gasteiger partial charge is 0.171 e. The van der Waals surface area contributed by atoms with Crippen molar-refractivity contribution in [1.29, 1.82) is 0 Å². The van der Waals surface area contributed by atoms with E-state index >= 15 is 0 Å². The minimum Gasteiger partial charge on any atom is -0.486 e. The lowest BCUT2D eigenvalue weighted by Crippen LogP contribution is -2.35. The van der Waals surface area contributed by atoms with Crippen LogP contribution in [0.15, 0.2) is 24.5 Å². The molecule has 1 saturated heterocycles. The molecule has 0 atom stereocenters. The van der Waals surface area contributed by atoms with Crippen molar-refractivity contribution < 1.29 is 4.74 Å². The van der Waals surface area contributed by atoms with E-state index in [1.807, 2.05) is 12.1 Å². The first-order valence-electron chi connectivity index (χ1n) is 7.58. The average molecular weight is 297 g/mol. The van der Waals surface area contributed by atoms with E-state index in [2.05, 4.69) is 26.9 Å². The lowest BCUT2D eigenvalue weighted by Gasteiger charge is -2.29. The Bertz CT molecular complexity index is 820. The van der Waals surface area contributed by atoms with Gasteiger partial charge in [0.1, 0.15) is 11.8 Å². The van der Waals surface area contributed by atoms with Gasteiger partial charge in [-0.15, -0.1) is 0 Å².